The van der Waals surface area contributed by atoms with Gasteiger partial charge in [0.1, 0.15) is 0 Å². The van der Waals surface area contributed by atoms with E-state index in [2.05, 4.69) is 10.0 Å². The Morgan fingerprint density at radius 2 is 2.56 bits per heavy atom. The fourth-order valence-electron chi connectivity index (χ4n) is 0.938. The zero-order chi connectivity index (χ0) is 6.69. The molecule has 2 unspecified atom stereocenters. The van der Waals surface area contributed by atoms with Crippen molar-refractivity contribution in [3.8, 4) is 0 Å². The lowest BCUT2D eigenvalue weighted by Gasteiger charge is -2.04. The van der Waals surface area contributed by atoms with Gasteiger partial charge < -0.3 is 4.74 Å². The van der Waals surface area contributed by atoms with Crippen LogP contribution in [-0.2, 0) is 4.74 Å². The minimum Gasteiger partial charge on any atom is -0.378 e. The van der Waals surface area contributed by atoms with E-state index in [1.54, 1.807) is 0 Å². The molecule has 4 nitrogen and oxygen atoms in total. The average molecular weight is 127 g/mol. The summed E-state index contributed by atoms with van der Waals surface area (Å²) in [5.74, 6) is 0. The minimum absolute atomic E-state index is 0.0648. The second-order valence-corrected chi connectivity index (χ2v) is 2.14. The smallest absolute Gasteiger partial charge is 0.0655 e. The summed E-state index contributed by atoms with van der Waals surface area (Å²) in [7, 11) is 0. The number of hydrogen-bond acceptors (Lipinski definition) is 2. The summed E-state index contributed by atoms with van der Waals surface area (Å²) < 4.78 is 5.15. The van der Waals surface area contributed by atoms with E-state index in [1.165, 1.54) is 0 Å². The van der Waals surface area contributed by atoms with Gasteiger partial charge in [-0.05, 0) is 18.9 Å². The normalized spacial score (nSPS) is 33.9. The molecule has 0 aliphatic carbocycles. The first-order chi connectivity index (χ1) is 4.34. The van der Waals surface area contributed by atoms with E-state index >= 15 is 0 Å². The van der Waals surface area contributed by atoms with Gasteiger partial charge in [0.05, 0.1) is 12.1 Å². The van der Waals surface area contributed by atoms with Crippen LogP contribution >= 0.6 is 0 Å². The third kappa shape index (κ3) is 1.34. The maximum absolute atomic E-state index is 8.05. The van der Waals surface area contributed by atoms with Crippen molar-refractivity contribution in [3.63, 3.8) is 0 Å². The van der Waals surface area contributed by atoms with Crippen molar-refractivity contribution in [2.75, 3.05) is 6.61 Å². The summed E-state index contributed by atoms with van der Waals surface area (Å²) in [5.41, 5.74) is 8.05. The first-order valence-electron chi connectivity index (χ1n) is 3.00. The van der Waals surface area contributed by atoms with Gasteiger partial charge in [-0.2, -0.15) is 0 Å². The monoisotopic (exact) mass is 127 g/mol. The van der Waals surface area contributed by atoms with Crippen LogP contribution in [0.2, 0.25) is 0 Å². The Morgan fingerprint density at radius 1 is 1.78 bits per heavy atom. The topological polar surface area (TPSA) is 58.0 Å². The Hall–Kier alpha value is -0.730. The Kier molecular flexibility index (Phi) is 1.92. The van der Waals surface area contributed by atoms with E-state index in [1.807, 2.05) is 6.92 Å². The van der Waals surface area contributed by atoms with Gasteiger partial charge in [0, 0.05) is 11.5 Å². The maximum atomic E-state index is 8.05. The number of azide groups is 1. The average Bonchev–Trinajstić information content (AvgIpc) is 2.18. The highest BCUT2D eigenvalue weighted by molar-refractivity contribution is 4.78. The summed E-state index contributed by atoms with van der Waals surface area (Å²) in [6.45, 7) is 2.65. The molecule has 50 valence electrons. The predicted octanol–water partition coefficient (Wildman–Crippen LogP) is 1.47. The number of ether oxygens (including phenoxy) is 1. The molecule has 0 radical (unpaired) electrons. The molecule has 1 heterocycles. The lowest BCUT2D eigenvalue weighted by Crippen LogP contribution is -2.13. The second kappa shape index (κ2) is 2.71. The Morgan fingerprint density at radius 3 is 3.00 bits per heavy atom. The van der Waals surface area contributed by atoms with Crippen LogP contribution in [-0.4, -0.2) is 18.8 Å². The highest BCUT2D eigenvalue weighted by Crippen LogP contribution is 2.15. The molecule has 9 heavy (non-hydrogen) atoms. The van der Waals surface area contributed by atoms with E-state index in [9.17, 15) is 0 Å². The molecule has 2 atom stereocenters. The molecule has 0 spiro atoms. The van der Waals surface area contributed by atoms with E-state index in [0.29, 0.717) is 0 Å². The summed E-state index contributed by atoms with van der Waals surface area (Å²) in [4.78, 5) is 2.71. The molecule has 0 aromatic rings. The third-order valence-corrected chi connectivity index (χ3v) is 1.54. The lowest BCUT2D eigenvalue weighted by molar-refractivity contribution is 0.119. The van der Waals surface area contributed by atoms with Crippen LogP contribution in [0.3, 0.4) is 0 Å². The van der Waals surface area contributed by atoms with Crippen LogP contribution in [0.15, 0.2) is 5.11 Å². The minimum atomic E-state index is 0.0648. The van der Waals surface area contributed by atoms with Crippen molar-refractivity contribution < 1.29 is 4.74 Å². The molecule has 1 aliphatic heterocycles. The molecule has 0 aromatic carbocycles. The second-order valence-electron chi connectivity index (χ2n) is 2.14. The number of nitrogens with zero attached hydrogens (tertiary/aromatic N) is 3. The number of rotatable bonds is 1. The fourth-order valence-corrected chi connectivity index (χ4v) is 0.938. The Bertz CT molecular complexity index is 141. The zero-order valence-electron chi connectivity index (χ0n) is 5.32. The Labute approximate surface area is 53.4 Å². The molecule has 1 fully saturated rings. The predicted molar refractivity (Wildman–Crippen MR) is 33.0 cm³/mol. The molecule has 1 saturated heterocycles. The zero-order valence-corrected chi connectivity index (χ0v) is 5.32. The summed E-state index contributed by atoms with van der Waals surface area (Å²) in [6, 6.07) is 0.0648. The standard InChI is InChI=1S/C5H9N3O/c1-4-5(7-8-6)2-3-9-4/h4-5H,2-3H2,1H3. The Balaban J connectivity index is 2.49. The van der Waals surface area contributed by atoms with Crippen LogP contribution in [0.25, 0.3) is 10.4 Å². The summed E-state index contributed by atoms with van der Waals surface area (Å²) >= 11 is 0. The van der Waals surface area contributed by atoms with Crippen molar-refractivity contribution in [1.29, 1.82) is 0 Å². The van der Waals surface area contributed by atoms with Crippen molar-refractivity contribution in [2.24, 2.45) is 5.11 Å². The highest BCUT2D eigenvalue weighted by Gasteiger charge is 2.22. The van der Waals surface area contributed by atoms with Crippen LogP contribution in [0, 0.1) is 0 Å². The van der Waals surface area contributed by atoms with Gasteiger partial charge in [-0.15, -0.1) is 0 Å². The molecule has 0 aromatic heterocycles. The van der Waals surface area contributed by atoms with Crippen molar-refractivity contribution in [3.05, 3.63) is 10.4 Å². The molecular weight excluding hydrogens is 118 g/mol. The van der Waals surface area contributed by atoms with Gasteiger partial charge in [-0.3, -0.25) is 0 Å². The van der Waals surface area contributed by atoms with E-state index in [4.69, 9.17) is 10.3 Å². The van der Waals surface area contributed by atoms with E-state index in [-0.39, 0.29) is 12.1 Å². The van der Waals surface area contributed by atoms with E-state index < -0.39 is 0 Å². The first kappa shape index (κ1) is 6.39. The van der Waals surface area contributed by atoms with Crippen molar-refractivity contribution in [2.45, 2.75) is 25.5 Å². The van der Waals surface area contributed by atoms with Gasteiger partial charge >= 0.3 is 0 Å². The largest absolute Gasteiger partial charge is 0.378 e. The summed E-state index contributed by atoms with van der Waals surface area (Å²) in [5, 5.41) is 3.56. The maximum Gasteiger partial charge on any atom is 0.0655 e. The molecular formula is C5H9N3O. The molecule has 1 rings (SSSR count). The molecule has 0 bridgehead atoms. The highest BCUT2D eigenvalue weighted by atomic mass is 16.5. The van der Waals surface area contributed by atoms with Gasteiger partial charge in [-0.25, -0.2) is 0 Å². The van der Waals surface area contributed by atoms with Crippen molar-refractivity contribution >= 4 is 0 Å². The van der Waals surface area contributed by atoms with Gasteiger partial charge in [0.2, 0.25) is 0 Å². The summed E-state index contributed by atoms with van der Waals surface area (Å²) in [6.07, 6.45) is 0.978. The molecule has 0 amide bonds. The molecule has 4 heteroatoms. The lowest BCUT2D eigenvalue weighted by atomic mass is 10.2. The SMILES string of the molecule is CC1OCCC1N=[N+]=[N-]. The van der Waals surface area contributed by atoms with Crippen molar-refractivity contribution in [1.82, 2.24) is 0 Å². The van der Waals surface area contributed by atoms with Gasteiger partial charge in [-0.1, -0.05) is 5.11 Å². The fraction of sp³-hybridized carbons (Fsp3) is 1.00. The third-order valence-electron chi connectivity index (χ3n) is 1.54. The van der Waals surface area contributed by atoms with E-state index in [0.717, 1.165) is 13.0 Å². The first-order valence-corrected chi connectivity index (χ1v) is 3.00. The van der Waals surface area contributed by atoms with Gasteiger partial charge in [0.25, 0.3) is 0 Å². The van der Waals surface area contributed by atoms with Crippen LogP contribution in [0.5, 0.6) is 0 Å². The molecule has 1 aliphatic rings. The van der Waals surface area contributed by atoms with Gasteiger partial charge in [0.15, 0.2) is 0 Å². The molecule has 0 saturated carbocycles. The molecule has 0 N–H and O–H groups in total. The van der Waals surface area contributed by atoms with Crippen LogP contribution < -0.4 is 0 Å². The number of hydrogen-bond donors (Lipinski definition) is 0. The van der Waals surface area contributed by atoms with Crippen LogP contribution in [0.4, 0.5) is 0 Å². The quantitative estimate of drug-likeness (QED) is 0.299. The van der Waals surface area contributed by atoms with Crippen LogP contribution in [0.1, 0.15) is 13.3 Å².